The third kappa shape index (κ3) is 2.87. The topological polar surface area (TPSA) is 85.1 Å². The van der Waals surface area contributed by atoms with Crippen molar-refractivity contribution in [3.63, 3.8) is 0 Å². The molecule has 0 radical (unpaired) electrons. The van der Waals surface area contributed by atoms with Gasteiger partial charge in [-0.15, -0.1) is 11.3 Å². The van der Waals surface area contributed by atoms with Gasteiger partial charge in [-0.1, -0.05) is 6.07 Å². The summed E-state index contributed by atoms with van der Waals surface area (Å²) < 4.78 is 26.8. The molecule has 2 rings (SSSR count). The minimum Gasteiger partial charge on any atom is -0.326 e. The molecule has 0 aliphatic rings. The average Bonchev–Trinajstić information content (AvgIpc) is 2.77. The molecule has 0 atom stereocenters. The van der Waals surface area contributed by atoms with Crippen molar-refractivity contribution in [1.29, 1.82) is 0 Å². The maximum atomic E-state index is 12.1. The number of pyridine rings is 1. The molecule has 96 valence electrons. The number of hydrogen-bond acceptors (Lipinski definition) is 5. The summed E-state index contributed by atoms with van der Waals surface area (Å²) in [6.07, 6.45) is 0. The molecule has 0 aromatic carbocycles. The predicted molar refractivity (Wildman–Crippen MR) is 72.0 cm³/mol. The summed E-state index contributed by atoms with van der Waals surface area (Å²) in [7, 11) is -3.57. The maximum Gasteiger partial charge on any atom is 0.272 e. The highest BCUT2D eigenvalue weighted by molar-refractivity contribution is 7.94. The number of sulfonamides is 1. The maximum absolute atomic E-state index is 12.1. The van der Waals surface area contributed by atoms with E-state index in [1.54, 1.807) is 37.3 Å². The van der Waals surface area contributed by atoms with Crippen LogP contribution in [0.5, 0.6) is 0 Å². The van der Waals surface area contributed by atoms with Crippen molar-refractivity contribution >= 4 is 27.2 Å². The number of nitrogens with zero attached hydrogens (tertiary/aromatic N) is 1. The average molecular weight is 283 g/mol. The smallest absolute Gasteiger partial charge is 0.272 e. The highest BCUT2D eigenvalue weighted by atomic mass is 32.2. The Kier molecular flexibility index (Phi) is 3.65. The largest absolute Gasteiger partial charge is 0.326 e. The van der Waals surface area contributed by atoms with Crippen LogP contribution in [-0.4, -0.2) is 13.4 Å². The quantitative estimate of drug-likeness (QED) is 0.894. The number of rotatable bonds is 4. The first-order valence-electron chi connectivity index (χ1n) is 5.26. The Hall–Kier alpha value is -1.44. The second kappa shape index (κ2) is 5.05. The van der Waals surface area contributed by atoms with Gasteiger partial charge in [0, 0.05) is 17.1 Å². The fourth-order valence-electron chi connectivity index (χ4n) is 1.40. The van der Waals surface area contributed by atoms with Crippen LogP contribution in [0, 0.1) is 6.92 Å². The van der Waals surface area contributed by atoms with E-state index >= 15 is 0 Å². The van der Waals surface area contributed by atoms with Gasteiger partial charge >= 0.3 is 0 Å². The van der Waals surface area contributed by atoms with Crippen LogP contribution in [-0.2, 0) is 16.6 Å². The van der Waals surface area contributed by atoms with Crippen molar-refractivity contribution in [2.75, 3.05) is 4.72 Å². The Balaban J connectivity index is 2.27. The van der Waals surface area contributed by atoms with Gasteiger partial charge in [0.05, 0.1) is 0 Å². The third-order valence-corrected chi connectivity index (χ3v) is 5.18. The van der Waals surface area contributed by atoms with Crippen molar-refractivity contribution in [2.24, 2.45) is 5.73 Å². The minimum atomic E-state index is -3.57. The summed E-state index contributed by atoms with van der Waals surface area (Å²) in [5.41, 5.74) is 6.22. The lowest BCUT2D eigenvalue weighted by Crippen LogP contribution is -2.12. The zero-order chi connectivity index (χ0) is 13.2. The molecule has 0 aliphatic heterocycles. The van der Waals surface area contributed by atoms with Gasteiger partial charge in [-0.2, -0.15) is 0 Å². The van der Waals surface area contributed by atoms with E-state index in [-0.39, 0.29) is 4.21 Å². The van der Waals surface area contributed by atoms with Crippen LogP contribution in [0.15, 0.2) is 34.5 Å². The van der Waals surface area contributed by atoms with Gasteiger partial charge in [0.15, 0.2) is 0 Å². The van der Waals surface area contributed by atoms with Crippen LogP contribution in [0.2, 0.25) is 0 Å². The SMILES string of the molecule is Cc1cccc(NS(=O)(=O)c2ccc(CN)s2)n1. The zero-order valence-electron chi connectivity index (χ0n) is 9.75. The highest BCUT2D eigenvalue weighted by Crippen LogP contribution is 2.23. The summed E-state index contributed by atoms with van der Waals surface area (Å²) in [5, 5.41) is 0. The van der Waals surface area contributed by atoms with Crippen LogP contribution in [0.4, 0.5) is 5.82 Å². The molecule has 2 aromatic heterocycles. The number of thiophene rings is 1. The molecule has 0 bridgehead atoms. The predicted octanol–water partition coefficient (Wildman–Crippen LogP) is 1.71. The fourth-order valence-corrected chi connectivity index (χ4v) is 3.64. The first-order chi connectivity index (χ1) is 8.51. The van der Waals surface area contributed by atoms with Crippen molar-refractivity contribution in [2.45, 2.75) is 17.7 Å². The Morgan fingerprint density at radius 1 is 1.33 bits per heavy atom. The van der Waals surface area contributed by atoms with Gasteiger partial charge in [-0.05, 0) is 31.2 Å². The van der Waals surface area contributed by atoms with E-state index in [1.807, 2.05) is 0 Å². The molecule has 7 heteroatoms. The second-order valence-electron chi connectivity index (χ2n) is 3.69. The Morgan fingerprint density at radius 3 is 2.72 bits per heavy atom. The lowest BCUT2D eigenvalue weighted by atomic mass is 10.4. The first kappa shape index (κ1) is 13.0. The van der Waals surface area contributed by atoms with Crippen LogP contribution in [0.1, 0.15) is 10.6 Å². The number of anilines is 1. The summed E-state index contributed by atoms with van der Waals surface area (Å²) in [6.45, 7) is 2.14. The van der Waals surface area contributed by atoms with Gasteiger partial charge in [-0.3, -0.25) is 4.72 Å². The molecular weight excluding hydrogens is 270 g/mol. The van der Waals surface area contributed by atoms with Crippen molar-refractivity contribution in [3.05, 3.63) is 40.9 Å². The van der Waals surface area contributed by atoms with Crippen molar-refractivity contribution in [1.82, 2.24) is 4.98 Å². The van der Waals surface area contributed by atoms with Gasteiger partial charge in [-0.25, -0.2) is 13.4 Å². The monoisotopic (exact) mass is 283 g/mol. The van der Waals surface area contributed by atoms with E-state index in [9.17, 15) is 8.42 Å². The highest BCUT2D eigenvalue weighted by Gasteiger charge is 2.17. The lowest BCUT2D eigenvalue weighted by molar-refractivity contribution is 0.603. The Labute approximate surface area is 110 Å². The normalized spacial score (nSPS) is 11.4. The summed E-state index contributed by atoms with van der Waals surface area (Å²) >= 11 is 1.16. The van der Waals surface area contributed by atoms with Gasteiger partial charge in [0.1, 0.15) is 10.0 Å². The van der Waals surface area contributed by atoms with E-state index in [2.05, 4.69) is 9.71 Å². The van der Waals surface area contributed by atoms with E-state index in [1.165, 1.54) is 0 Å². The number of aromatic nitrogens is 1. The van der Waals surface area contributed by atoms with E-state index < -0.39 is 10.0 Å². The third-order valence-electron chi connectivity index (χ3n) is 2.23. The first-order valence-corrected chi connectivity index (χ1v) is 7.56. The van der Waals surface area contributed by atoms with Crippen molar-refractivity contribution in [3.8, 4) is 0 Å². The molecule has 0 saturated heterocycles. The van der Waals surface area contributed by atoms with Crippen LogP contribution >= 0.6 is 11.3 Å². The van der Waals surface area contributed by atoms with Crippen molar-refractivity contribution < 1.29 is 8.42 Å². The molecule has 0 fully saturated rings. The van der Waals surface area contributed by atoms with E-state index in [4.69, 9.17) is 5.73 Å². The van der Waals surface area contributed by atoms with Gasteiger partial charge < -0.3 is 5.73 Å². The number of hydrogen-bond donors (Lipinski definition) is 2. The van der Waals surface area contributed by atoms with Gasteiger partial charge in [0.2, 0.25) is 0 Å². The van der Waals surface area contributed by atoms with Crippen LogP contribution in [0.25, 0.3) is 0 Å². The molecule has 0 saturated carbocycles. The summed E-state index contributed by atoms with van der Waals surface area (Å²) in [4.78, 5) is 4.93. The lowest BCUT2D eigenvalue weighted by Gasteiger charge is -2.05. The molecule has 18 heavy (non-hydrogen) atoms. The summed E-state index contributed by atoms with van der Waals surface area (Å²) in [6, 6.07) is 8.42. The molecular formula is C11H13N3O2S2. The second-order valence-corrected chi connectivity index (χ2v) is 6.77. The molecule has 0 aliphatic carbocycles. The Bertz CT molecular complexity index is 650. The molecule has 3 N–H and O–H groups in total. The molecule has 2 aromatic rings. The van der Waals surface area contributed by atoms with E-state index in [0.717, 1.165) is 21.9 Å². The Morgan fingerprint density at radius 2 is 2.11 bits per heavy atom. The summed E-state index contributed by atoms with van der Waals surface area (Å²) in [5.74, 6) is 0.317. The number of nitrogens with one attached hydrogen (secondary N) is 1. The fraction of sp³-hybridized carbons (Fsp3) is 0.182. The zero-order valence-corrected chi connectivity index (χ0v) is 11.4. The molecule has 0 unspecified atom stereocenters. The standard InChI is InChI=1S/C11H13N3O2S2/c1-8-3-2-4-10(13-8)14-18(15,16)11-6-5-9(7-12)17-11/h2-6H,7,12H2,1H3,(H,13,14). The minimum absolute atomic E-state index is 0.242. The van der Waals surface area contributed by atoms with Gasteiger partial charge in [0.25, 0.3) is 10.0 Å². The molecule has 0 amide bonds. The van der Waals surface area contributed by atoms with Crippen LogP contribution < -0.4 is 10.5 Å². The van der Waals surface area contributed by atoms with E-state index in [0.29, 0.717) is 12.4 Å². The molecule has 0 spiro atoms. The number of nitrogens with two attached hydrogens (primary N) is 1. The van der Waals surface area contributed by atoms with Crippen LogP contribution in [0.3, 0.4) is 0 Å². The number of aryl methyl sites for hydroxylation is 1. The molecule has 2 heterocycles. The molecule has 5 nitrogen and oxygen atoms in total.